The Kier molecular flexibility index (Phi) is 7.71. The van der Waals surface area contributed by atoms with Crippen LogP contribution in [-0.4, -0.2) is 54.9 Å². The summed E-state index contributed by atoms with van der Waals surface area (Å²) in [5, 5.41) is 6.60. The van der Waals surface area contributed by atoms with Crippen molar-refractivity contribution in [1.82, 2.24) is 24.7 Å². The number of aromatic nitrogens is 5. The Morgan fingerprint density at radius 2 is 1.95 bits per heavy atom. The van der Waals surface area contributed by atoms with Crippen LogP contribution >= 0.6 is 0 Å². The number of nitrogens with one attached hydrogen (secondary N) is 1. The van der Waals surface area contributed by atoms with E-state index >= 15 is 0 Å². The molecule has 0 radical (unpaired) electrons. The van der Waals surface area contributed by atoms with Crippen LogP contribution in [0.5, 0.6) is 5.75 Å². The van der Waals surface area contributed by atoms with Gasteiger partial charge < -0.3 is 14.8 Å². The minimum absolute atomic E-state index is 0.0111. The molecule has 0 aliphatic carbocycles. The Labute approximate surface area is 217 Å². The Bertz CT molecular complexity index is 1510. The Hall–Kier alpha value is -4.33. The molecule has 0 aliphatic heterocycles. The smallest absolute Gasteiger partial charge is 0.435 e. The van der Waals surface area contributed by atoms with E-state index in [4.69, 9.17) is 9.47 Å². The van der Waals surface area contributed by atoms with Crippen molar-refractivity contribution < 1.29 is 31.6 Å². The number of carbonyl (C=O) groups is 1. The number of esters is 1. The highest BCUT2D eigenvalue weighted by molar-refractivity contribution is 7.84. The number of methoxy groups -OCH3 is 1. The van der Waals surface area contributed by atoms with Crippen molar-refractivity contribution in [2.45, 2.75) is 18.0 Å². The number of hydrogen-bond acceptors (Lipinski definition) is 9. The fourth-order valence-corrected chi connectivity index (χ4v) is 3.95. The number of benzene rings is 1. The molecule has 0 bridgehead atoms. The summed E-state index contributed by atoms with van der Waals surface area (Å²) in [4.78, 5) is 25.4. The average molecular weight is 547 g/mol. The molecule has 0 fully saturated rings. The molecule has 10 nitrogen and oxygen atoms in total. The molecule has 0 aliphatic rings. The number of ether oxygens (including phenoxy) is 2. The van der Waals surface area contributed by atoms with E-state index in [1.165, 1.54) is 38.0 Å². The zero-order valence-electron chi connectivity index (χ0n) is 20.3. The quantitative estimate of drug-likeness (QED) is 0.320. The summed E-state index contributed by atoms with van der Waals surface area (Å²) in [6.07, 6.45) is 2.05. The summed E-state index contributed by atoms with van der Waals surface area (Å²) in [6, 6.07) is 7.13. The lowest BCUT2D eigenvalue weighted by Crippen LogP contribution is -2.10. The molecule has 1 N–H and O–H groups in total. The lowest BCUT2D eigenvalue weighted by molar-refractivity contribution is -0.141. The second-order valence-corrected chi connectivity index (χ2v) is 9.11. The SMILES string of the molecule is CCOC(=O)c1cncc(-c2cnc(Nc3cc(OC)cc(S(C)=O)c3)nc2-n2ccc(C(F)(F)F)n2)c1. The predicted molar refractivity (Wildman–Crippen MR) is 132 cm³/mol. The van der Waals surface area contributed by atoms with Crippen LogP contribution in [-0.2, 0) is 21.7 Å². The first kappa shape index (κ1) is 26.7. The molecule has 4 rings (SSSR count). The maximum Gasteiger partial charge on any atom is 0.435 e. The van der Waals surface area contributed by atoms with Crippen molar-refractivity contribution in [3.8, 4) is 22.7 Å². The van der Waals surface area contributed by atoms with E-state index in [0.29, 0.717) is 21.9 Å². The van der Waals surface area contributed by atoms with E-state index in [1.54, 1.807) is 25.1 Å². The third kappa shape index (κ3) is 5.96. The zero-order chi connectivity index (χ0) is 27.4. The highest BCUT2D eigenvalue weighted by atomic mass is 32.2. The van der Waals surface area contributed by atoms with Gasteiger partial charge in [0, 0.05) is 69.6 Å². The number of hydrogen-bond donors (Lipinski definition) is 1. The molecule has 1 aromatic carbocycles. The minimum atomic E-state index is -4.67. The van der Waals surface area contributed by atoms with Gasteiger partial charge in [-0.2, -0.15) is 23.3 Å². The lowest BCUT2D eigenvalue weighted by Gasteiger charge is -2.13. The predicted octanol–water partition coefficient (Wildman–Crippen LogP) is 4.41. The van der Waals surface area contributed by atoms with Crippen molar-refractivity contribution in [3.63, 3.8) is 0 Å². The molecule has 4 aromatic rings. The highest BCUT2D eigenvalue weighted by Gasteiger charge is 2.34. The molecule has 198 valence electrons. The highest BCUT2D eigenvalue weighted by Crippen LogP contribution is 2.31. The van der Waals surface area contributed by atoms with Gasteiger partial charge >= 0.3 is 12.1 Å². The van der Waals surface area contributed by atoms with Crippen molar-refractivity contribution in [1.29, 1.82) is 0 Å². The Morgan fingerprint density at radius 1 is 1.16 bits per heavy atom. The molecule has 0 amide bonds. The zero-order valence-corrected chi connectivity index (χ0v) is 21.1. The second kappa shape index (κ2) is 11.0. The molecule has 1 atom stereocenters. The number of alkyl halides is 3. The van der Waals surface area contributed by atoms with Gasteiger partial charge in [0.15, 0.2) is 11.5 Å². The fourth-order valence-electron chi connectivity index (χ4n) is 3.37. The van der Waals surface area contributed by atoms with E-state index in [1.807, 2.05) is 0 Å². The molecule has 14 heteroatoms. The standard InChI is InChI=1S/C24H21F3N6O4S/c1-4-37-22(34)15-7-14(11-28-12-15)19-13-29-23(30-16-8-17(36-2)10-18(9-16)38(3)35)31-21(19)33-6-5-20(32-33)24(25,26)27/h5-13H,4H2,1-3H3,(H,29,30,31). The Balaban J connectivity index is 1.81. The van der Waals surface area contributed by atoms with Crippen molar-refractivity contribution >= 4 is 28.4 Å². The van der Waals surface area contributed by atoms with E-state index in [9.17, 15) is 22.2 Å². The lowest BCUT2D eigenvalue weighted by atomic mass is 10.1. The summed E-state index contributed by atoms with van der Waals surface area (Å²) in [7, 11) is 0.146. The third-order valence-electron chi connectivity index (χ3n) is 5.13. The molecular formula is C24H21F3N6O4S. The van der Waals surface area contributed by atoms with Crippen LogP contribution in [0.25, 0.3) is 16.9 Å². The van der Waals surface area contributed by atoms with Gasteiger partial charge in [0.25, 0.3) is 0 Å². The summed E-state index contributed by atoms with van der Waals surface area (Å²) in [5.41, 5.74) is 0.0807. The monoisotopic (exact) mass is 546 g/mol. The topological polar surface area (TPSA) is 121 Å². The molecule has 3 heterocycles. The third-order valence-corrected chi connectivity index (χ3v) is 6.03. The molecule has 0 saturated heterocycles. The Morgan fingerprint density at radius 3 is 2.61 bits per heavy atom. The van der Waals surface area contributed by atoms with Gasteiger partial charge in [-0.3, -0.25) is 9.19 Å². The molecule has 0 spiro atoms. The molecule has 3 aromatic heterocycles. The number of nitrogens with zero attached hydrogens (tertiary/aromatic N) is 5. The normalized spacial score (nSPS) is 12.2. The maximum absolute atomic E-state index is 13.3. The van der Waals surface area contributed by atoms with Crippen molar-refractivity contribution in [2.24, 2.45) is 0 Å². The summed E-state index contributed by atoms with van der Waals surface area (Å²) in [5.74, 6) is -0.171. The molecule has 1 unspecified atom stereocenters. The van der Waals surface area contributed by atoms with Gasteiger partial charge in [-0.05, 0) is 31.2 Å². The van der Waals surface area contributed by atoms with Crippen molar-refractivity contribution in [3.05, 3.63) is 66.4 Å². The van der Waals surface area contributed by atoms with E-state index in [0.717, 1.165) is 16.9 Å². The van der Waals surface area contributed by atoms with Gasteiger partial charge in [-0.25, -0.2) is 14.5 Å². The summed E-state index contributed by atoms with van der Waals surface area (Å²) in [6.45, 7) is 1.81. The van der Waals surface area contributed by atoms with E-state index < -0.39 is 28.6 Å². The first-order valence-corrected chi connectivity index (χ1v) is 12.6. The van der Waals surface area contributed by atoms with Gasteiger partial charge in [0.05, 0.1) is 19.3 Å². The first-order valence-electron chi connectivity index (χ1n) is 11.0. The maximum atomic E-state index is 13.3. The van der Waals surface area contributed by atoms with Crippen LogP contribution in [0.1, 0.15) is 23.0 Å². The largest absolute Gasteiger partial charge is 0.497 e. The van der Waals surface area contributed by atoms with Crippen LogP contribution in [0.4, 0.5) is 24.8 Å². The van der Waals surface area contributed by atoms with Crippen LogP contribution < -0.4 is 10.1 Å². The number of halogens is 3. The number of anilines is 2. The second-order valence-electron chi connectivity index (χ2n) is 7.73. The van der Waals surface area contributed by atoms with Crippen LogP contribution in [0, 0.1) is 0 Å². The van der Waals surface area contributed by atoms with E-state index in [-0.39, 0.29) is 29.5 Å². The number of pyridine rings is 1. The van der Waals surface area contributed by atoms with Gasteiger partial charge in [0.1, 0.15) is 5.75 Å². The minimum Gasteiger partial charge on any atom is -0.497 e. The van der Waals surface area contributed by atoms with E-state index in [2.05, 4.69) is 25.4 Å². The molecular weight excluding hydrogens is 525 g/mol. The van der Waals surface area contributed by atoms with Crippen LogP contribution in [0.2, 0.25) is 0 Å². The van der Waals surface area contributed by atoms with Gasteiger partial charge in [-0.15, -0.1) is 0 Å². The fraction of sp³-hybridized carbons (Fsp3) is 0.208. The van der Waals surface area contributed by atoms with Gasteiger partial charge in [0.2, 0.25) is 5.95 Å². The number of carbonyl (C=O) groups excluding carboxylic acids is 1. The molecule has 0 saturated carbocycles. The van der Waals surface area contributed by atoms with Gasteiger partial charge in [-0.1, -0.05) is 0 Å². The summed E-state index contributed by atoms with van der Waals surface area (Å²) >= 11 is 0. The average Bonchev–Trinajstić information content (AvgIpc) is 3.40. The first-order chi connectivity index (χ1) is 18.1. The summed E-state index contributed by atoms with van der Waals surface area (Å²) < 4.78 is 63.1. The van der Waals surface area contributed by atoms with Crippen LogP contribution in [0.15, 0.2) is 60.0 Å². The van der Waals surface area contributed by atoms with Crippen LogP contribution in [0.3, 0.4) is 0 Å². The molecule has 38 heavy (non-hydrogen) atoms. The van der Waals surface area contributed by atoms with Crippen molar-refractivity contribution in [2.75, 3.05) is 25.3 Å². The number of rotatable bonds is 8.